The molecule has 2 atom stereocenters. The van der Waals surface area contributed by atoms with Crippen LogP contribution in [0.2, 0.25) is 0 Å². The van der Waals surface area contributed by atoms with Crippen molar-refractivity contribution in [2.45, 2.75) is 49.5 Å². The van der Waals surface area contributed by atoms with Crippen LogP contribution in [0.4, 0.5) is 4.39 Å². The zero-order valence-electron chi connectivity index (χ0n) is 13.0. The number of benzene rings is 1. The van der Waals surface area contributed by atoms with Crippen molar-refractivity contribution in [1.82, 2.24) is 0 Å². The van der Waals surface area contributed by atoms with Crippen LogP contribution in [0, 0.1) is 28.5 Å². The van der Waals surface area contributed by atoms with Crippen molar-refractivity contribution < 1.29 is 13.9 Å². The number of hydrogen-bond acceptors (Lipinski definition) is 4. The van der Waals surface area contributed by atoms with Crippen molar-refractivity contribution in [1.29, 1.82) is 5.26 Å². The molecule has 0 N–H and O–H groups in total. The Morgan fingerprint density at radius 3 is 2.65 bits per heavy atom. The van der Waals surface area contributed by atoms with E-state index in [1.165, 1.54) is 12.1 Å². The van der Waals surface area contributed by atoms with Crippen molar-refractivity contribution in [2.75, 3.05) is 5.75 Å². The van der Waals surface area contributed by atoms with Crippen molar-refractivity contribution in [3.8, 4) is 6.07 Å². The normalized spacial score (nSPS) is 25.4. The minimum absolute atomic E-state index is 0.0879. The molecule has 1 aromatic rings. The molecule has 2 saturated carbocycles. The minimum atomic E-state index is -0.855. The molecule has 1 aromatic carbocycles. The Hall–Kier alpha value is -1.54. The molecule has 2 aliphatic rings. The Bertz CT molecular complexity index is 606. The van der Waals surface area contributed by atoms with Crippen LogP contribution in [-0.4, -0.2) is 17.8 Å². The van der Waals surface area contributed by atoms with Crippen LogP contribution in [-0.2, 0) is 9.53 Å². The molecule has 3 nitrogen and oxygen atoms in total. The van der Waals surface area contributed by atoms with E-state index < -0.39 is 5.41 Å². The molecule has 0 bridgehead atoms. The van der Waals surface area contributed by atoms with E-state index >= 15 is 0 Å². The molecule has 0 radical (unpaired) electrons. The lowest BCUT2D eigenvalue weighted by molar-refractivity contribution is -0.157. The largest absolute Gasteiger partial charge is 0.461 e. The summed E-state index contributed by atoms with van der Waals surface area (Å²) in [6.45, 7) is 0. The second-order valence-electron chi connectivity index (χ2n) is 6.45. The Kier molecular flexibility index (Phi) is 4.91. The third-order valence-electron chi connectivity index (χ3n) is 4.73. The summed E-state index contributed by atoms with van der Waals surface area (Å²) in [5.41, 5.74) is -0.855. The highest BCUT2D eigenvalue weighted by molar-refractivity contribution is 7.99. The van der Waals surface area contributed by atoms with Crippen LogP contribution in [0.15, 0.2) is 29.2 Å². The van der Waals surface area contributed by atoms with Gasteiger partial charge in [-0.3, -0.25) is 4.79 Å². The molecule has 0 heterocycles. The van der Waals surface area contributed by atoms with Crippen molar-refractivity contribution in [2.24, 2.45) is 11.3 Å². The van der Waals surface area contributed by atoms with Gasteiger partial charge in [0.05, 0.1) is 6.07 Å². The minimum Gasteiger partial charge on any atom is -0.461 e. The van der Waals surface area contributed by atoms with Gasteiger partial charge in [0.25, 0.3) is 0 Å². The van der Waals surface area contributed by atoms with Crippen molar-refractivity contribution >= 4 is 17.7 Å². The SMILES string of the molecule is N#CC1(C(=O)OC2CCCCC2CSc2ccc(F)cc2)CC1. The summed E-state index contributed by atoms with van der Waals surface area (Å²) in [7, 11) is 0. The van der Waals surface area contributed by atoms with E-state index in [0.29, 0.717) is 18.8 Å². The van der Waals surface area contributed by atoms with Crippen LogP contribution >= 0.6 is 11.8 Å². The zero-order valence-corrected chi connectivity index (χ0v) is 13.8. The van der Waals surface area contributed by atoms with Crippen molar-refractivity contribution in [3.05, 3.63) is 30.1 Å². The van der Waals surface area contributed by atoms with Crippen LogP contribution in [0.1, 0.15) is 38.5 Å². The number of carbonyl (C=O) groups is 1. The first-order valence-corrected chi connectivity index (χ1v) is 9.12. The first-order valence-electron chi connectivity index (χ1n) is 8.14. The highest BCUT2D eigenvalue weighted by Gasteiger charge is 2.53. The molecule has 0 spiro atoms. The maximum Gasteiger partial charge on any atom is 0.326 e. The molecule has 2 unspecified atom stereocenters. The summed E-state index contributed by atoms with van der Waals surface area (Å²) < 4.78 is 18.6. The summed E-state index contributed by atoms with van der Waals surface area (Å²) in [4.78, 5) is 13.2. The Labute approximate surface area is 140 Å². The van der Waals surface area contributed by atoms with Gasteiger partial charge >= 0.3 is 5.97 Å². The average molecular weight is 333 g/mol. The second kappa shape index (κ2) is 6.92. The smallest absolute Gasteiger partial charge is 0.326 e. The van der Waals surface area contributed by atoms with Crippen LogP contribution < -0.4 is 0 Å². The molecule has 3 rings (SSSR count). The number of halogens is 1. The highest BCUT2D eigenvalue weighted by Crippen LogP contribution is 2.47. The predicted molar refractivity (Wildman–Crippen MR) is 86.2 cm³/mol. The lowest BCUT2D eigenvalue weighted by Crippen LogP contribution is -2.34. The van der Waals surface area contributed by atoms with E-state index in [9.17, 15) is 9.18 Å². The van der Waals surface area contributed by atoms with Gasteiger partial charge in [0, 0.05) is 16.6 Å². The summed E-state index contributed by atoms with van der Waals surface area (Å²) in [5.74, 6) is 0.592. The molecular formula is C18H20FNO2S. The maximum absolute atomic E-state index is 12.9. The van der Waals surface area contributed by atoms with Gasteiger partial charge in [-0.15, -0.1) is 11.8 Å². The topological polar surface area (TPSA) is 50.1 Å². The number of esters is 1. The van der Waals surface area contributed by atoms with E-state index in [4.69, 9.17) is 10.00 Å². The van der Waals surface area contributed by atoms with E-state index in [-0.39, 0.29) is 17.9 Å². The highest BCUT2D eigenvalue weighted by atomic mass is 32.2. The quantitative estimate of drug-likeness (QED) is 0.595. The van der Waals surface area contributed by atoms with Gasteiger partial charge in [-0.2, -0.15) is 5.26 Å². The lowest BCUT2D eigenvalue weighted by Gasteiger charge is -2.31. The fraction of sp³-hybridized carbons (Fsp3) is 0.556. The molecule has 5 heteroatoms. The first kappa shape index (κ1) is 16.3. The number of nitrogens with zero attached hydrogens (tertiary/aromatic N) is 1. The summed E-state index contributed by atoms with van der Waals surface area (Å²) in [5, 5.41) is 9.11. The van der Waals surface area contributed by atoms with E-state index in [0.717, 1.165) is 36.3 Å². The molecule has 0 saturated heterocycles. The van der Waals surface area contributed by atoms with E-state index in [1.807, 2.05) is 0 Å². The van der Waals surface area contributed by atoms with E-state index in [2.05, 4.69) is 6.07 Å². The second-order valence-corrected chi connectivity index (χ2v) is 7.54. The number of hydrogen-bond donors (Lipinski definition) is 0. The Morgan fingerprint density at radius 1 is 1.30 bits per heavy atom. The molecule has 23 heavy (non-hydrogen) atoms. The predicted octanol–water partition coefficient (Wildman–Crippen LogP) is 4.32. The van der Waals surface area contributed by atoms with Gasteiger partial charge < -0.3 is 4.74 Å². The van der Waals surface area contributed by atoms with Gasteiger partial charge in [-0.25, -0.2) is 4.39 Å². The Morgan fingerprint density at radius 2 is 2.00 bits per heavy atom. The van der Waals surface area contributed by atoms with Gasteiger partial charge in [0.1, 0.15) is 11.9 Å². The zero-order chi connectivity index (χ0) is 16.3. The lowest BCUT2D eigenvalue weighted by atomic mass is 9.87. The van der Waals surface area contributed by atoms with Gasteiger partial charge in [-0.05, 0) is 56.4 Å². The average Bonchev–Trinajstić information content (AvgIpc) is 3.37. The fourth-order valence-corrected chi connectivity index (χ4v) is 4.11. The van der Waals surface area contributed by atoms with Gasteiger partial charge in [0.15, 0.2) is 5.41 Å². The number of thioether (sulfide) groups is 1. The third-order valence-corrected chi connectivity index (χ3v) is 5.93. The summed E-state index contributed by atoms with van der Waals surface area (Å²) in [6.07, 6.45) is 5.29. The Balaban J connectivity index is 1.57. The summed E-state index contributed by atoms with van der Waals surface area (Å²) in [6, 6.07) is 8.58. The van der Waals surface area contributed by atoms with Crippen LogP contribution in [0.25, 0.3) is 0 Å². The molecule has 2 fully saturated rings. The standard InChI is InChI=1S/C18H20FNO2S/c19-14-5-7-15(8-6-14)23-11-13-3-1-2-4-16(13)22-17(21)18(12-20)9-10-18/h5-8,13,16H,1-4,9-11H2. The first-order chi connectivity index (χ1) is 11.1. The molecule has 122 valence electrons. The van der Waals surface area contributed by atoms with Gasteiger partial charge in [-0.1, -0.05) is 6.42 Å². The molecule has 0 aromatic heterocycles. The maximum atomic E-state index is 12.9. The number of ether oxygens (including phenoxy) is 1. The number of carbonyl (C=O) groups excluding carboxylic acids is 1. The van der Waals surface area contributed by atoms with Gasteiger partial charge in [0.2, 0.25) is 0 Å². The summed E-state index contributed by atoms with van der Waals surface area (Å²) >= 11 is 1.67. The molecule has 0 amide bonds. The third kappa shape index (κ3) is 3.87. The van der Waals surface area contributed by atoms with Crippen LogP contribution in [0.3, 0.4) is 0 Å². The van der Waals surface area contributed by atoms with Crippen molar-refractivity contribution in [3.63, 3.8) is 0 Å². The monoisotopic (exact) mass is 333 g/mol. The van der Waals surface area contributed by atoms with Crippen LogP contribution in [0.5, 0.6) is 0 Å². The number of nitriles is 1. The van der Waals surface area contributed by atoms with E-state index in [1.54, 1.807) is 23.9 Å². The fourth-order valence-electron chi connectivity index (χ4n) is 2.99. The molecule has 2 aliphatic carbocycles. The number of rotatable bonds is 5. The molecular weight excluding hydrogens is 313 g/mol. The molecule has 0 aliphatic heterocycles.